The molecule has 2 heterocycles. The summed E-state index contributed by atoms with van der Waals surface area (Å²) in [6, 6.07) is 4.99. The number of rotatable bonds is 3. The first-order valence-electron chi connectivity index (χ1n) is 6.74. The monoisotopic (exact) mass is 343 g/mol. The third-order valence-electron chi connectivity index (χ3n) is 3.66. The first kappa shape index (κ1) is 16.0. The quantitative estimate of drug-likeness (QED) is 0.533. The summed E-state index contributed by atoms with van der Waals surface area (Å²) in [6.07, 6.45) is -6.76. The molecule has 5 atom stereocenters. The Morgan fingerprint density at radius 3 is 2.65 bits per heavy atom. The number of aromatic nitrogens is 1. The van der Waals surface area contributed by atoms with Crippen LogP contribution in [0.5, 0.6) is 5.75 Å². The number of carbonyl (C=O) groups is 1. The van der Waals surface area contributed by atoms with Crippen LogP contribution in [0.25, 0.3) is 10.9 Å². The van der Waals surface area contributed by atoms with Crippen LogP contribution >= 0.6 is 11.6 Å². The summed E-state index contributed by atoms with van der Waals surface area (Å²) in [5.74, 6) is -1.18. The molecule has 9 heteroatoms. The largest absolute Gasteiger partial charge is 0.479 e. The highest BCUT2D eigenvalue weighted by Gasteiger charge is 2.48. The molecule has 3 rings (SSSR count). The number of carboxylic acids is 1. The zero-order valence-corrected chi connectivity index (χ0v) is 12.3. The van der Waals surface area contributed by atoms with E-state index in [0.717, 1.165) is 0 Å². The molecule has 0 saturated carbocycles. The first-order chi connectivity index (χ1) is 10.9. The SMILES string of the molecule is O=C(O)[C@H]1O[C@@H](Oc2c[nH]c3cc(Cl)ccc23)[C@H](O)[C@H](O)[C@@H]1O. The molecular weight excluding hydrogens is 330 g/mol. The summed E-state index contributed by atoms with van der Waals surface area (Å²) in [4.78, 5) is 14.0. The Hall–Kier alpha value is -1.84. The van der Waals surface area contributed by atoms with Crippen LogP contribution in [0.15, 0.2) is 24.4 Å². The van der Waals surface area contributed by atoms with Crippen molar-refractivity contribution in [2.45, 2.75) is 30.7 Å². The third kappa shape index (κ3) is 2.87. The van der Waals surface area contributed by atoms with Gasteiger partial charge < -0.3 is 34.9 Å². The van der Waals surface area contributed by atoms with Gasteiger partial charge in [0.1, 0.15) is 24.1 Å². The van der Waals surface area contributed by atoms with Crippen molar-refractivity contribution in [3.8, 4) is 5.75 Å². The maximum absolute atomic E-state index is 11.1. The maximum atomic E-state index is 11.1. The Morgan fingerprint density at radius 2 is 1.96 bits per heavy atom. The highest BCUT2D eigenvalue weighted by molar-refractivity contribution is 6.31. The average molecular weight is 344 g/mol. The lowest BCUT2D eigenvalue weighted by Gasteiger charge is -2.38. The second kappa shape index (κ2) is 5.99. The van der Waals surface area contributed by atoms with E-state index in [1.54, 1.807) is 18.2 Å². The molecule has 1 aliphatic heterocycles. The molecular formula is C14H14ClNO7. The van der Waals surface area contributed by atoms with Gasteiger partial charge in [0.2, 0.25) is 6.29 Å². The zero-order chi connectivity index (χ0) is 16.7. The molecule has 1 aromatic heterocycles. The van der Waals surface area contributed by atoms with E-state index in [1.807, 2.05) is 0 Å². The normalized spacial score (nSPS) is 31.2. The fraction of sp³-hybridized carbons (Fsp3) is 0.357. The van der Waals surface area contributed by atoms with Gasteiger partial charge in [-0.15, -0.1) is 0 Å². The van der Waals surface area contributed by atoms with Gasteiger partial charge in [-0.25, -0.2) is 4.79 Å². The molecule has 23 heavy (non-hydrogen) atoms. The van der Waals surface area contributed by atoms with Crippen LogP contribution in [-0.4, -0.2) is 62.1 Å². The number of aliphatic carboxylic acids is 1. The second-order valence-corrected chi connectivity index (χ2v) is 5.63. The number of halogens is 1. The minimum Gasteiger partial charge on any atom is -0.479 e. The second-order valence-electron chi connectivity index (χ2n) is 5.20. The Labute approximate surface area is 134 Å². The Bertz CT molecular complexity index is 733. The van der Waals surface area contributed by atoms with E-state index in [0.29, 0.717) is 15.9 Å². The predicted octanol–water partition coefficient (Wildman–Crippen LogP) is 0.0923. The number of hydrogen-bond donors (Lipinski definition) is 5. The number of aromatic amines is 1. The molecule has 2 aromatic rings. The van der Waals surface area contributed by atoms with Gasteiger partial charge >= 0.3 is 5.97 Å². The summed E-state index contributed by atoms with van der Waals surface area (Å²) in [6.45, 7) is 0. The van der Waals surface area contributed by atoms with Gasteiger partial charge in [-0.2, -0.15) is 0 Å². The fourth-order valence-corrected chi connectivity index (χ4v) is 2.62. The lowest BCUT2D eigenvalue weighted by Crippen LogP contribution is -2.61. The fourth-order valence-electron chi connectivity index (χ4n) is 2.44. The van der Waals surface area contributed by atoms with E-state index in [4.69, 9.17) is 26.2 Å². The van der Waals surface area contributed by atoms with Crippen molar-refractivity contribution in [1.82, 2.24) is 4.98 Å². The van der Waals surface area contributed by atoms with Crippen molar-refractivity contribution in [1.29, 1.82) is 0 Å². The molecule has 0 radical (unpaired) electrons. The van der Waals surface area contributed by atoms with Gasteiger partial charge in [-0.3, -0.25) is 0 Å². The summed E-state index contributed by atoms with van der Waals surface area (Å²) < 4.78 is 10.5. The van der Waals surface area contributed by atoms with Gasteiger partial charge in [0.25, 0.3) is 0 Å². The molecule has 0 unspecified atom stereocenters. The smallest absolute Gasteiger partial charge is 0.335 e. The van der Waals surface area contributed by atoms with Crippen LogP contribution in [0.3, 0.4) is 0 Å². The van der Waals surface area contributed by atoms with Crippen molar-refractivity contribution < 1.29 is 34.7 Å². The molecule has 1 saturated heterocycles. The van der Waals surface area contributed by atoms with Crippen molar-refractivity contribution in [2.24, 2.45) is 0 Å². The van der Waals surface area contributed by atoms with Crippen molar-refractivity contribution in [3.63, 3.8) is 0 Å². The summed E-state index contributed by atoms with van der Waals surface area (Å²) in [5, 5.41) is 39.5. The molecule has 1 aromatic carbocycles. The predicted molar refractivity (Wildman–Crippen MR) is 78.3 cm³/mol. The number of ether oxygens (including phenoxy) is 2. The Kier molecular flexibility index (Phi) is 4.17. The van der Waals surface area contributed by atoms with Crippen LogP contribution in [0, 0.1) is 0 Å². The van der Waals surface area contributed by atoms with Crippen LogP contribution in [0.1, 0.15) is 0 Å². The number of carboxylic acid groups (broad SMARTS) is 1. The lowest BCUT2D eigenvalue weighted by molar-refractivity contribution is -0.270. The van der Waals surface area contributed by atoms with Crippen LogP contribution < -0.4 is 4.74 Å². The number of fused-ring (bicyclic) bond motifs is 1. The Balaban J connectivity index is 1.86. The van der Waals surface area contributed by atoms with Crippen LogP contribution in [-0.2, 0) is 9.53 Å². The minimum atomic E-state index is -1.76. The molecule has 0 bridgehead atoms. The number of H-pyrrole nitrogens is 1. The maximum Gasteiger partial charge on any atom is 0.335 e. The number of benzene rings is 1. The molecule has 1 fully saturated rings. The molecule has 8 nitrogen and oxygen atoms in total. The lowest BCUT2D eigenvalue weighted by atomic mass is 9.99. The van der Waals surface area contributed by atoms with Gasteiger partial charge in [0.05, 0.1) is 5.52 Å². The van der Waals surface area contributed by atoms with Gasteiger partial charge in [0, 0.05) is 16.6 Å². The van der Waals surface area contributed by atoms with E-state index < -0.39 is 36.7 Å². The molecule has 0 amide bonds. The third-order valence-corrected chi connectivity index (χ3v) is 3.90. The van der Waals surface area contributed by atoms with Crippen molar-refractivity contribution >= 4 is 28.5 Å². The number of hydrogen-bond acceptors (Lipinski definition) is 6. The van der Waals surface area contributed by atoms with E-state index >= 15 is 0 Å². The minimum absolute atomic E-state index is 0.286. The Morgan fingerprint density at radius 1 is 1.22 bits per heavy atom. The van der Waals surface area contributed by atoms with E-state index in [2.05, 4.69) is 4.98 Å². The first-order valence-corrected chi connectivity index (χ1v) is 7.12. The van der Waals surface area contributed by atoms with Crippen LogP contribution in [0.4, 0.5) is 0 Å². The van der Waals surface area contributed by atoms with Gasteiger partial charge in [-0.05, 0) is 18.2 Å². The summed E-state index contributed by atoms with van der Waals surface area (Å²) in [5.41, 5.74) is 0.674. The van der Waals surface area contributed by atoms with Gasteiger partial charge in [-0.1, -0.05) is 11.6 Å². The number of aliphatic hydroxyl groups excluding tert-OH is 3. The number of aliphatic hydroxyl groups is 3. The highest BCUT2D eigenvalue weighted by Crippen LogP contribution is 2.31. The van der Waals surface area contributed by atoms with E-state index in [9.17, 15) is 20.1 Å². The van der Waals surface area contributed by atoms with Crippen molar-refractivity contribution in [2.75, 3.05) is 0 Å². The molecule has 5 N–H and O–H groups in total. The average Bonchev–Trinajstić information content (AvgIpc) is 2.89. The standard InChI is InChI=1S/C14H14ClNO7/c15-5-1-2-6-7(3-5)16-4-8(6)22-14-11(19)9(17)10(18)12(23-14)13(20)21/h1-4,9-12,14,16-19H,(H,20,21)/t9-,10+,11-,12+,14-/m1/s1. The molecule has 0 aliphatic carbocycles. The topological polar surface area (TPSA) is 132 Å². The molecule has 1 aliphatic rings. The van der Waals surface area contributed by atoms with Crippen LogP contribution in [0.2, 0.25) is 5.02 Å². The van der Waals surface area contributed by atoms with Gasteiger partial charge in [0.15, 0.2) is 6.10 Å². The molecule has 124 valence electrons. The molecule has 0 spiro atoms. The summed E-state index contributed by atoms with van der Waals surface area (Å²) in [7, 11) is 0. The summed E-state index contributed by atoms with van der Waals surface area (Å²) >= 11 is 5.88. The zero-order valence-electron chi connectivity index (χ0n) is 11.6. The van der Waals surface area contributed by atoms with E-state index in [-0.39, 0.29) is 5.75 Å². The van der Waals surface area contributed by atoms with E-state index in [1.165, 1.54) is 6.20 Å². The van der Waals surface area contributed by atoms with Crippen molar-refractivity contribution in [3.05, 3.63) is 29.4 Å². The number of nitrogens with one attached hydrogen (secondary N) is 1. The highest BCUT2D eigenvalue weighted by atomic mass is 35.5.